The quantitative estimate of drug-likeness (QED) is 0.396. The first-order valence-corrected chi connectivity index (χ1v) is 10.3. The van der Waals surface area contributed by atoms with Gasteiger partial charge >= 0.3 is 0 Å². The molecule has 0 atom stereocenters. The standard InChI is InChI=1S/C24H22N2O3S/c1-29-21-11-5-9-19(15-21)26-24(28)17-30-22-12-6-10-20(16-22)25-23(27)14-13-18-7-3-2-4-8-18/h2-16H,17H2,1H3,(H,25,27)(H,26,28)/b14-13+. The number of hydrogen-bond acceptors (Lipinski definition) is 4. The van der Waals surface area contributed by atoms with E-state index >= 15 is 0 Å². The maximum atomic E-state index is 12.2. The Kier molecular flexibility index (Phi) is 7.69. The minimum absolute atomic E-state index is 0.117. The van der Waals surface area contributed by atoms with Crippen LogP contribution >= 0.6 is 11.8 Å². The summed E-state index contributed by atoms with van der Waals surface area (Å²) >= 11 is 1.40. The van der Waals surface area contributed by atoms with Crippen LogP contribution in [0.3, 0.4) is 0 Å². The molecular formula is C24H22N2O3S. The summed E-state index contributed by atoms with van der Waals surface area (Å²) in [6, 6.07) is 24.2. The van der Waals surface area contributed by atoms with Crippen molar-refractivity contribution in [3.8, 4) is 5.75 Å². The van der Waals surface area contributed by atoms with E-state index in [-0.39, 0.29) is 17.6 Å². The monoisotopic (exact) mass is 418 g/mol. The lowest BCUT2D eigenvalue weighted by atomic mass is 10.2. The smallest absolute Gasteiger partial charge is 0.248 e. The van der Waals surface area contributed by atoms with Crippen LogP contribution in [0.1, 0.15) is 5.56 Å². The first kappa shape index (κ1) is 21.2. The van der Waals surface area contributed by atoms with Crippen molar-refractivity contribution >= 4 is 41.0 Å². The highest BCUT2D eigenvalue weighted by atomic mass is 32.2. The molecule has 0 bridgehead atoms. The molecule has 0 aliphatic carbocycles. The first-order valence-electron chi connectivity index (χ1n) is 9.33. The molecule has 3 rings (SSSR count). The van der Waals surface area contributed by atoms with Crippen LogP contribution in [0.5, 0.6) is 5.75 Å². The normalized spacial score (nSPS) is 10.6. The predicted octanol–water partition coefficient (Wildman–Crippen LogP) is 5.08. The minimum Gasteiger partial charge on any atom is -0.497 e. The number of rotatable bonds is 8. The summed E-state index contributed by atoms with van der Waals surface area (Å²) in [6.07, 6.45) is 3.26. The highest BCUT2D eigenvalue weighted by Crippen LogP contribution is 2.23. The first-order chi connectivity index (χ1) is 14.6. The molecule has 0 radical (unpaired) electrons. The molecule has 0 saturated carbocycles. The van der Waals surface area contributed by atoms with Crippen molar-refractivity contribution in [2.24, 2.45) is 0 Å². The van der Waals surface area contributed by atoms with Gasteiger partial charge in [0.2, 0.25) is 11.8 Å². The molecule has 0 heterocycles. The van der Waals surface area contributed by atoms with Crippen molar-refractivity contribution in [3.63, 3.8) is 0 Å². The van der Waals surface area contributed by atoms with Gasteiger partial charge in [0.25, 0.3) is 0 Å². The van der Waals surface area contributed by atoms with Crippen molar-refractivity contribution in [2.75, 3.05) is 23.5 Å². The molecule has 0 saturated heterocycles. The topological polar surface area (TPSA) is 67.4 Å². The molecule has 30 heavy (non-hydrogen) atoms. The maximum absolute atomic E-state index is 12.2. The Balaban J connectivity index is 1.51. The second kappa shape index (κ2) is 10.9. The molecule has 6 heteroatoms. The van der Waals surface area contributed by atoms with Gasteiger partial charge in [-0.05, 0) is 42.0 Å². The van der Waals surface area contributed by atoms with Gasteiger partial charge < -0.3 is 15.4 Å². The molecule has 0 spiro atoms. The van der Waals surface area contributed by atoms with Crippen LogP contribution in [-0.4, -0.2) is 24.7 Å². The third-order valence-electron chi connectivity index (χ3n) is 4.05. The SMILES string of the molecule is COc1cccc(NC(=O)CSc2cccc(NC(=O)/C=C/c3ccccc3)c2)c1. The van der Waals surface area contributed by atoms with E-state index in [0.29, 0.717) is 17.1 Å². The molecule has 3 aromatic rings. The molecule has 152 valence electrons. The summed E-state index contributed by atoms with van der Waals surface area (Å²) in [5, 5.41) is 5.69. The van der Waals surface area contributed by atoms with Crippen LogP contribution in [0.15, 0.2) is 89.8 Å². The highest BCUT2D eigenvalue weighted by Gasteiger charge is 2.06. The van der Waals surface area contributed by atoms with Gasteiger partial charge in [-0.15, -0.1) is 11.8 Å². The molecule has 0 aliphatic heterocycles. The Morgan fingerprint density at radius 3 is 2.40 bits per heavy atom. The zero-order valence-corrected chi connectivity index (χ0v) is 17.3. The minimum atomic E-state index is -0.211. The molecule has 0 aliphatic rings. The average Bonchev–Trinajstić information content (AvgIpc) is 2.77. The van der Waals surface area contributed by atoms with Gasteiger partial charge in [-0.25, -0.2) is 0 Å². The zero-order chi connectivity index (χ0) is 21.2. The van der Waals surface area contributed by atoms with Crippen LogP contribution in [0.2, 0.25) is 0 Å². The highest BCUT2D eigenvalue weighted by molar-refractivity contribution is 8.00. The number of anilines is 2. The van der Waals surface area contributed by atoms with E-state index in [1.165, 1.54) is 17.8 Å². The average molecular weight is 419 g/mol. The van der Waals surface area contributed by atoms with Crippen LogP contribution in [0, 0.1) is 0 Å². The molecule has 2 N–H and O–H groups in total. The van der Waals surface area contributed by atoms with Crippen molar-refractivity contribution in [1.29, 1.82) is 0 Å². The fourth-order valence-electron chi connectivity index (χ4n) is 2.63. The molecule has 5 nitrogen and oxygen atoms in total. The number of nitrogens with one attached hydrogen (secondary N) is 2. The molecular weight excluding hydrogens is 396 g/mol. The lowest BCUT2D eigenvalue weighted by molar-refractivity contribution is -0.114. The molecule has 0 aromatic heterocycles. The van der Waals surface area contributed by atoms with Gasteiger partial charge in [-0.3, -0.25) is 9.59 Å². The van der Waals surface area contributed by atoms with Gasteiger partial charge in [-0.1, -0.05) is 42.5 Å². The zero-order valence-electron chi connectivity index (χ0n) is 16.5. The molecule has 2 amide bonds. The van der Waals surface area contributed by atoms with Crippen LogP contribution < -0.4 is 15.4 Å². The summed E-state index contributed by atoms with van der Waals surface area (Å²) in [5.41, 5.74) is 2.32. The van der Waals surface area contributed by atoms with Crippen LogP contribution in [0.4, 0.5) is 11.4 Å². The predicted molar refractivity (Wildman–Crippen MR) is 123 cm³/mol. The van der Waals surface area contributed by atoms with Gasteiger partial charge in [0.05, 0.1) is 12.9 Å². The third kappa shape index (κ3) is 6.83. The van der Waals surface area contributed by atoms with Gasteiger partial charge in [0.15, 0.2) is 0 Å². The lowest BCUT2D eigenvalue weighted by Crippen LogP contribution is -2.14. The maximum Gasteiger partial charge on any atom is 0.248 e. The van der Waals surface area contributed by atoms with E-state index in [4.69, 9.17) is 4.74 Å². The Bertz CT molecular complexity index is 1040. The Hall–Kier alpha value is -3.51. The van der Waals surface area contributed by atoms with E-state index in [2.05, 4.69) is 10.6 Å². The van der Waals surface area contributed by atoms with Crippen molar-refractivity contribution in [2.45, 2.75) is 4.90 Å². The Labute approximate surface area is 180 Å². The van der Waals surface area contributed by atoms with Crippen LogP contribution in [-0.2, 0) is 9.59 Å². The van der Waals surface area contributed by atoms with Gasteiger partial charge in [-0.2, -0.15) is 0 Å². The number of carbonyl (C=O) groups is 2. The fourth-order valence-corrected chi connectivity index (χ4v) is 3.39. The molecule has 3 aromatic carbocycles. The number of benzene rings is 3. The number of methoxy groups -OCH3 is 1. The molecule has 0 unspecified atom stereocenters. The number of thioether (sulfide) groups is 1. The van der Waals surface area contributed by atoms with Crippen LogP contribution in [0.25, 0.3) is 6.08 Å². The van der Waals surface area contributed by atoms with Gasteiger partial charge in [0, 0.05) is 28.4 Å². The summed E-state index contributed by atoms with van der Waals surface area (Å²) in [6.45, 7) is 0. The van der Waals surface area contributed by atoms with E-state index in [1.54, 1.807) is 19.3 Å². The number of amides is 2. The number of hydrogen-bond donors (Lipinski definition) is 2. The van der Waals surface area contributed by atoms with E-state index in [1.807, 2.05) is 72.8 Å². The Morgan fingerprint density at radius 2 is 1.63 bits per heavy atom. The summed E-state index contributed by atoms with van der Waals surface area (Å²) < 4.78 is 5.16. The molecule has 0 fully saturated rings. The summed E-state index contributed by atoms with van der Waals surface area (Å²) in [4.78, 5) is 25.2. The largest absolute Gasteiger partial charge is 0.497 e. The van der Waals surface area contributed by atoms with Crippen molar-refractivity contribution in [3.05, 3.63) is 90.5 Å². The third-order valence-corrected chi connectivity index (χ3v) is 5.05. The summed E-state index contributed by atoms with van der Waals surface area (Å²) in [5.74, 6) is 0.609. The van der Waals surface area contributed by atoms with Gasteiger partial charge in [0.1, 0.15) is 5.75 Å². The Morgan fingerprint density at radius 1 is 0.900 bits per heavy atom. The second-order valence-corrected chi connectivity index (χ2v) is 7.38. The summed E-state index contributed by atoms with van der Waals surface area (Å²) in [7, 11) is 1.58. The van der Waals surface area contributed by atoms with E-state index < -0.39 is 0 Å². The van der Waals surface area contributed by atoms with Crippen molar-refractivity contribution < 1.29 is 14.3 Å². The fraction of sp³-hybridized carbons (Fsp3) is 0.0833. The van der Waals surface area contributed by atoms with Crippen molar-refractivity contribution in [1.82, 2.24) is 0 Å². The number of ether oxygens (including phenoxy) is 1. The lowest BCUT2D eigenvalue weighted by Gasteiger charge is -2.08. The van der Waals surface area contributed by atoms with E-state index in [0.717, 1.165) is 10.5 Å². The second-order valence-electron chi connectivity index (χ2n) is 6.33. The van der Waals surface area contributed by atoms with E-state index in [9.17, 15) is 9.59 Å². The number of carbonyl (C=O) groups excluding carboxylic acids is 2.